The molecule has 1 atom stereocenters. The molecule has 0 aliphatic heterocycles. The monoisotopic (exact) mass is 280 g/mol. The Hall–Kier alpha value is -2.18. The first kappa shape index (κ1) is 15.9. The highest BCUT2D eigenvalue weighted by molar-refractivity contribution is 5.75. The molecule has 0 fully saturated rings. The first-order valence-corrected chi connectivity index (χ1v) is 6.42. The Morgan fingerprint density at radius 2 is 2.00 bits per heavy atom. The largest absolute Gasteiger partial charge is 0.481 e. The summed E-state index contributed by atoms with van der Waals surface area (Å²) in [6.07, 6.45) is 3.11. The molecule has 0 saturated heterocycles. The molecule has 1 unspecified atom stereocenters. The van der Waals surface area contributed by atoms with Gasteiger partial charge in [0.1, 0.15) is 0 Å². The summed E-state index contributed by atoms with van der Waals surface area (Å²) in [6.45, 7) is 5.80. The minimum Gasteiger partial charge on any atom is -0.481 e. The van der Waals surface area contributed by atoms with Crippen LogP contribution in [-0.4, -0.2) is 33.1 Å². The second-order valence-electron chi connectivity index (χ2n) is 4.92. The number of rotatable bonds is 6. The van der Waals surface area contributed by atoms with Gasteiger partial charge in [-0.05, 0) is 12.8 Å². The number of hydrogen-bond donors (Lipinski definition) is 3. The average molecular weight is 280 g/mol. The van der Waals surface area contributed by atoms with E-state index >= 15 is 0 Å². The van der Waals surface area contributed by atoms with Crippen molar-refractivity contribution in [2.24, 2.45) is 5.92 Å². The Kier molecular flexibility index (Phi) is 5.89. The molecule has 110 valence electrons. The van der Waals surface area contributed by atoms with E-state index in [2.05, 4.69) is 20.6 Å². The zero-order valence-electron chi connectivity index (χ0n) is 11.9. The number of carbonyl (C=O) groups excluding carboxylic acids is 1. The van der Waals surface area contributed by atoms with Gasteiger partial charge in [0.25, 0.3) is 0 Å². The lowest BCUT2D eigenvalue weighted by atomic mass is 10.0. The molecule has 0 bridgehead atoms. The van der Waals surface area contributed by atoms with E-state index < -0.39 is 18.0 Å². The zero-order chi connectivity index (χ0) is 15.1. The molecule has 1 aromatic heterocycles. The summed E-state index contributed by atoms with van der Waals surface area (Å²) in [5.41, 5.74) is 1.45. The van der Waals surface area contributed by atoms with Crippen molar-refractivity contribution >= 4 is 12.0 Å². The third-order valence-electron chi connectivity index (χ3n) is 2.78. The summed E-state index contributed by atoms with van der Waals surface area (Å²) in [6, 6.07) is -0.816. The van der Waals surface area contributed by atoms with Crippen molar-refractivity contribution in [2.45, 2.75) is 39.8 Å². The van der Waals surface area contributed by atoms with E-state index in [1.54, 1.807) is 12.4 Å². The van der Waals surface area contributed by atoms with Crippen LogP contribution in [0.1, 0.15) is 31.7 Å². The summed E-state index contributed by atoms with van der Waals surface area (Å²) in [5, 5.41) is 14.1. The summed E-state index contributed by atoms with van der Waals surface area (Å²) in [7, 11) is 0. The molecule has 0 aliphatic carbocycles. The number of aryl methyl sites for hydroxylation is 1. The summed E-state index contributed by atoms with van der Waals surface area (Å²) in [5.74, 6) is -0.899. The van der Waals surface area contributed by atoms with Crippen LogP contribution in [-0.2, 0) is 11.3 Å². The topological polar surface area (TPSA) is 104 Å². The van der Waals surface area contributed by atoms with Crippen LogP contribution in [0.3, 0.4) is 0 Å². The molecule has 0 saturated carbocycles. The molecule has 2 amide bonds. The predicted octanol–water partition coefficient (Wildman–Crippen LogP) is 1.08. The van der Waals surface area contributed by atoms with Gasteiger partial charge in [0.15, 0.2) is 0 Å². The molecule has 0 aromatic carbocycles. The third kappa shape index (κ3) is 5.64. The van der Waals surface area contributed by atoms with E-state index in [-0.39, 0.29) is 18.9 Å². The van der Waals surface area contributed by atoms with E-state index in [0.717, 1.165) is 5.69 Å². The number of aromatic nitrogens is 2. The molecule has 0 aliphatic rings. The quantitative estimate of drug-likeness (QED) is 0.723. The highest BCUT2D eigenvalue weighted by atomic mass is 16.4. The van der Waals surface area contributed by atoms with Gasteiger partial charge in [-0.3, -0.25) is 14.8 Å². The van der Waals surface area contributed by atoms with Crippen molar-refractivity contribution in [3.8, 4) is 0 Å². The number of aliphatic carboxylic acids is 1. The van der Waals surface area contributed by atoms with Gasteiger partial charge in [-0.25, -0.2) is 4.79 Å². The van der Waals surface area contributed by atoms with E-state index in [1.165, 1.54) is 0 Å². The molecule has 1 heterocycles. The van der Waals surface area contributed by atoms with Crippen molar-refractivity contribution in [1.82, 2.24) is 20.6 Å². The molecule has 1 aromatic rings. The number of carboxylic acid groups (broad SMARTS) is 1. The molecule has 7 nitrogen and oxygen atoms in total. The van der Waals surface area contributed by atoms with Crippen LogP contribution in [0, 0.1) is 12.8 Å². The summed E-state index contributed by atoms with van der Waals surface area (Å²) >= 11 is 0. The Labute approximate surface area is 117 Å². The Morgan fingerprint density at radius 1 is 1.30 bits per heavy atom. The van der Waals surface area contributed by atoms with E-state index in [0.29, 0.717) is 5.69 Å². The molecule has 0 spiro atoms. The van der Waals surface area contributed by atoms with Gasteiger partial charge in [0.05, 0.1) is 30.6 Å². The third-order valence-corrected chi connectivity index (χ3v) is 2.78. The summed E-state index contributed by atoms with van der Waals surface area (Å²) < 4.78 is 0. The minimum atomic E-state index is -0.937. The van der Waals surface area contributed by atoms with Gasteiger partial charge in [0, 0.05) is 12.2 Å². The fraction of sp³-hybridized carbons (Fsp3) is 0.538. The van der Waals surface area contributed by atoms with E-state index in [9.17, 15) is 9.59 Å². The highest BCUT2D eigenvalue weighted by Gasteiger charge is 2.19. The van der Waals surface area contributed by atoms with Crippen LogP contribution < -0.4 is 10.6 Å². The van der Waals surface area contributed by atoms with Crippen molar-refractivity contribution in [3.63, 3.8) is 0 Å². The maximum Gasteiger partial charge on any atom is 0.315 e. The summed E-state index contributed by atoms with van der Waals surface area (Å²) in [4.78, 5) is 30.6. The minimum absolute atomic E-state index is 0.0380. The fourth-order valence-corrected chi connectivity index (χ4v) is 1.54. The van der Waals surface area contributed by atoms with Gasteiger partial charge in [-0.1, -0.05) is 13.8 Å². The lowest BCUT2D eigenvalue weighted by molar-refractivity contribution is -0.137. The second kappa shape index (κ2) is 7.42. The van der Waals surface area contributed by atoms with Crippen molar-refractivity contribution in [1.29, 1.82) is 0 Å². The Bertz CT molecular complexity index is 459. The number of carbonyl (C=O) groups is 2. The number of amides is 2. The number of urea groups is 1. The number of nitrogens with one attached hydrogen (secondary N) is 2. The van der Waals surface area contributed by atoms with Crippen LogP contribution in [0.2, 0.25) is 0 Å². The average Bonchev–Trinajstić information content (AvgIpc) is 2.36. The lowest BCUT2D eigenvalue weighted by Crippen LogP contribution is -2.45. The molecule has 1 rings (SSSR count). The maximum absolute atomic E-state index is 11.7. The Morgan fingerprint density at radius 3 is 2.50 bits per heavy atom. The lowest BCUT2D eigenvalue weighted by Gasteiger charge is -2.20. The van der Waals surface area contributed by atoms with Crippen molar-refractivity contribution in [3.05, 3.63) is 23.8 Å². The second-order valence-corrected chi connectivity index (χ2v) is 4.92. The normalized spacial score (nSPS) is 12.0. The zero-order valence-corrected chi connectivity index (χ0v) is 11.9. The SMILES string of the molecule is Cc1cnc(CNC(=O)NC(CC(=O)O)C(C)C)cn1. The van der Waals surface area contributed by atoms with Gasteiger partial charge < -0.3 is 15.7 Å². The van der Waals surface area contributed by atoms with Crippen LogP contribution in [0.15, 0.2) is 12.4 Å². The van der Waals surface area contributed by atoms with Crippen LogP contribution in [0.5, 0.6) is 0 Å². The van der Waals surface area contributed by atoms with Crippen LogP contribution in [0.4, 0.5) is 4.79 Å². The van der Waals surface area contributed by atoms with Gasteiger partial charge in [-0.2, -0.15) is 0 Å². The van der Waals surface area contributed by atoms with E-state index in [4.69, 9.17) is 5.11 Å². The van der Waals surface area contributed by atoms with Crippen LogP contribution >= 0.6 is 0 Å². The van der Waals surface area contributed by atoms with Gasteiger partial charge in [0.2, 0.25) is 0 Å². The number of hydrogen-bond acceptors (Lipinski definition) is 4. The van der Waals surface area contributed by atoms with Gasteiger partial charge >= 0.3 is 12.0 Å². The Balaban J connectivity index is 2.45. The fourth-order valence-electron chi connectivity index (χ4n) is 1.54. The highest BCUT2D eigenvalue weighted by Crippen LogP contribution is 2.05. The number of nitrogens with zero attached hydrogens (tertiary/aromatic N) is 2. The van der Waals surface area contributed by atoms with Crippen LogP contribution in [0.25, 0.3) is 0 Å². The predicted molar refractivity (Wildman–Crippen MR) is 73.0 cm³/mol. The first-order valence-electron chi connectivity index (χ1n) is 6.42. The maximum atomic E-state index is 11.7. The van der Waals surface area contributed by atoms with Crippen molar-refractivity contribution < 1.29 is 14.7 Å². The molecule has 7 heteroatoms. The number of carboxylic acids is 1. The standard InChI is InChI=1S/C13H20N4O3/c1-8(2)11(4-12(18)19)17-13(20)16-7-10-6-14-9(3)5-15-10/h5-6,8,11H,4,7H2,1-3H3,(H,18,19)(H2,16,17,20). The smallest absolute Gasteiger partial charge is 0.315 e. The molecular formula is C13H20N4O3. The first-order chi connectivity index (χ1) is 9.38. The molecule has 3 N–H and O–H groups in total. The molecular weight excluding hydrogens is 260 g/mol. The van der Waals surface area contributed by atoms with Crippen molar-refractivity contribution in [2.75, 3.05) is 0 Å². The van der Waals surface area contributed by atoms with Gasteiger partial charge in [-0.15, -0.1) is 0 Å². The molecule has 0 radical (unpaired) electrons. The van der Waals surface area contributed by atoms with E-state index in [1.807, 2.05) is 20.8 Å². The molecule has 20 heavy (non-hydrogen) atoms.